The summed E-state index contributed by atoms with van der Waals surface area (Å²) >= 11 is 0. The Balaban J connectivity index is 1.70. The second-order valence-corrected chi connectivity index (χ2v) is 5.43. The van der Waals surface area contributed by atoms with E-state index >= 15 is 0 Å². The molecule has 4 heteroatoms. The summed E-state index contributed by atoms with van der Waals surface area (Å²) in [7, 11) is 0. The Morgan fingerprint density at radius 3 is 2.68 bits per heavy atom. The molecule has 3 rings (SSSR count). The molecule has 2 aromatic heterocycles. The maximum atomic E-state index is 5.60. The molecule has 2 N–H and O–H groups in total. The van der Waals surface area contributed by atoms with E-state index in [2.05, 4.69) is 21.0 Å². The first-order valence-corrected chi connectivity index (χ1v) is 7.05. The molecule has 0 atom stereocenters. The van der Waals surface area contributed by atoms with E-state index < -0.39 is 0 Å². The van der Waals surface area contributed by atoms with Crippen molar-refractivity contribution in [2.24, 2.45) is 5.92 Å². The quantitative estimate of drug-likeness (QED) is 0.918. The van der Waals surface area contributed by atoms with Gasteiger partial charge in [-0.25, -0.2) is 4.98 Å². The van der Waals surface area contributed by atoms with Crippen LogP contribution >= 0.6 is 0 Å². The third-order valence-corrected chi connectivity index (χ3v) is 3.92. The minimum atomic E-state index is 0.554. The van der Waals surface area contributed by atoms with Crippen LogP contribution in [0.4, 0.5) is 5.82 Å². The molecule has 0 aromatic carbocycles. The molecular formula is C15H20N4. The van der Waals surface area contributed by atoms with Crippen LogP contribution in [0.3, 0.4) is 0 Å². The van der Waals surface area contributed by atoms with Crippen LogP contribution in [0.15, 0.2) is 30.7 Å². The van der Waals surface area contributed by atoms with Gasteiger partial charge in [0, 0.05) is 30.1 Å². The fraction of sp³-hybridized carbons (Fsp3) is 0.467. The highest BCUT2D eigenvalue weighted by Crippen LogP contribution is 2.25. The van der Waals surface area contributed by atoms with Gasteiger partial charge in [0.05, 0.1) is 6.20 Å². The van der Waals surface area contributed by atoms with Crippen LogP contribution in [0.1, 0.15) is 32.1 Å². The molecular weight excluding hydrogens is 236 g/mol. The van der Waals surface area contributed by atoms with Gasteiger partial charge in [-0.15, -0.1) is 0 Å². The SMILES string of the molecule is Nc1ccc(-c2cnn(CC3CCCCC3)c2)cn1. The molecule has 0 radical (unpaired) electrons. The molecule has 1 saturated carbocycles. The average molecular weight is 256 g/mol. The Hall–Kier alpha value is -1.84. The van der Waals surface area contributed by atoms with E-state index in [1.807, 2.05) is 18.3 Å². The van der Waals surface area contributed by atoms with Crippen LogP contribution in [-0.4, -0.2) is 14.8 Å². The molecule has 1 fully saturated rings. The summed E-state index contributed by atoms with van der Waals surface area (Å²) < 4.78 is 2.07. The van der Waals surface area contributed by atoms with Crippen molar-refractivity contribution in [3.8, 4) is 11.1 Å². The molecule has 0 saturated heterocycles. The summed E-state index contributed by atoms with van der Waals surface area (Å²) in [4.78, 5) is 4.12. The lowest BCUT2D eigenvalue weighted by molar-refractivity contribution is 0.308. The third-order valence-electron chi connectivity index (χ3n) is 3.92. The van der Waals surface area contributed by atoms with Crippen LogP contribution in [-0.2, 0) is 6.54 Å². The highest BCUT2D eigenvalue weighted by atomic mass is 15.3. The summed E-state index contributed by atoms with van der Waals surface area (Å²) in [5.41, 5.74) is 7.79. The first kappa shape index (κ1) is 12.2. The first-order chi connectivity index (χ1) is 9.31. The number of nitrogens with two attached hydrogens (primary N) is 1. The Bertz CT molecular complexity index is 523. The van der Waals surface area contributed by atoms with Gasteiger partial charge in [-0.1, -0.05) is 19.3 Å². The van der Waals surface area contributed by atoms with Crippen LogP contribution in [0.2, 0.25) is 0 Å². The third kappa shape index (κ3) is 2.95. The Morgan fingerprint density at radius 2 is 1.95 bits per heavy atom. The second kappa shape index (κ2) is 5.43. The average Bonchev–Trinajstić information content (AvgIpc) is 2.89. The maximum absolute atomic E-state index is 5.60. The van der Waals surface area contributed by atoms with Crippen LogP contribution in [0.25, 0.3) is 11.1 Å². The van der Waals surface area contributed by atoms with Gasteiger partial charge < -0.3 is 5.73 Å². The van der Waals surface area contributed by atoms with Crippen LogP contribution in [0.5, 0.6) is 0 Å². The van der Waals surface area contributed by atoms with Crippen molar-refractivity contribution in [2.75, 3.05) is 5.73 Å². The molecule has 2 aromatic rings. The minimum Gasteiger partial charge on any atom is -0.384 e. The number of hydrogen-bond acceptors (Lipinski definition) is 3. The van der Waals surface area contributed by atoms with Crippen molar-refractivity contribution in [3.63, 3.8) is 0 Å². The molecule has 1 aliphatic carbocycles. The van der Waals surface area contributed by atoms with Gasteiger partial charge in [-0.3, -0.25) is 4.68 Å². The zero-order valence-corrected chi connectivity index (χ0v) is 11.1. The van der Waals surface area contributed by atoms with Crippen molar-refractivity contribution in [3.05, 3.63) is 30.7 Å². The molecule has 0 aliphatic heterocycles. The van der Waals surface area contributed by atoms with Crippen molar-refractivity contribution >= 4 is 5.82 Å². The highest BCUT2D eigenvalue weighted by Gasteiger charge is 2.14. The molecule has 0 spiro atoms. The van der Waals surface area contributed by atoms with E-state index in [1.165, 1.54) is 32.1 Å². The highest BCUT2D eigenvalue weighted by molar-refractivity contribution is 5.61. The monoisotopic (exact) mass is 256 g/mol. The molecule has 100 valence electrons. The molecule has 1 aliphatic rings. The van der Waals surface area contributed by atoms with Gasteiger partial charge in [0.25, 0.3) is 0 Å². The zero-order valence-electron chi connectivity index (χ0n) is 11.1. The van der Waals surface area contributed by atoms with E-state index in [1.54, 1.807) is 6.20 Å². The fourth-order valence-corrected chi connectivity index (χ4v) is 2.82. The molecule has 19 heavy (non-hydrogen) atoms. The predicted octanol–water partition coefficient (Wildman–Crippen LogP) is 3.11. The Labute approximate surface area is 113 Å². The van der Waals surface area contributed by atoms with Crippen molar-refractivity contribution in [1.29, 1.82) is 0 Å². The number of aromatic nitrogens is 3. The Morgan fingerprint density at radius 1 is 1.11 bits per heavy atom. The summed E-state index contributed by atoms with van der Waals surface area (Å²) in [6.07, 6.45) is 12.7. The fourth-order valence-electron chi connectivity index (χ4n) is 2.82. The number of pyridine rings is 1. The lowest BCUT2D eigenvalue weighted by atomic mass is 9.89. The maximum Gasteiger partial charge on any atom is 0.123 e. The second-order valence-electron chi connectivity index (χ2n) is 5.43. The predicted molar refractivity (Wildman–Crippen MR) is 76.4 cm³/mol. The zero-order chi connectivity index (χ0) is 13.1. The number of nitrogens with zero attached hydrogens (tertiary/aromatic N) is 3. The van der Waals surface area contributed by atoms with E-state index in [-0.39, 0.29) is 0 Å². The molecule has 0 amide bonds. The standard InChI is InChI=1S/C15H20N4/c16-15-7-6-13(8-17-15)14-9-18-19(11-14)10-12-4-2-1-3-5-12/h6-9,11-12H,1-5,10H2,(H2,16,17). The molecule has 0 unspecified atom stereocenters. The van der Waals surface area contributed by atoms with E-state index in [4.69, 9.17) is 5.73 Å². The van der Waals surface area contributed by atoms with Gasteiger partial charge >= 0.3 is 0 Å². The summed E-state index contributed by atoms with van der Waals surface area (Å²) in [6, 6.07) is 3.82. The first-order valence-electron chi connectivity index (χ1n) is 7.05. The summed E-state index contributed by atoms with van der Waals surface area (Å²) in [5, 5.41) is 4.47. The van der Waals surface area contributed by atoms with Crippen LogP contribution < -0.4 is 5.73 Å². The van der Waals surface area contributed by atoms with Gasteiger partial charge in [0.15, 0.2) is 0 Å². The largest absolute Gasteiger partial charge is 0.384 e. The smallest absolute Gasteiger partial charge is 0.123 e. The lowest BCUT2D eigenvalue weighted by Crippen LogP contribution is -2.14. The van der Waals surface area contributed by atoms with E-state index in [9.17, 15) is 0 Å². The summed E-state index contributed by atoms with van der Waals surface area (Å²) in [5.74, 6) is 1.35. The minimum absolute atomic E-state index is 0.554. The summed E-state index contributed by atoms with van der Waals surface area (Å²) in [6.45, 7) is 1.04. The molecule has 0 bridgehead atoms. The van der Waals surface area contributed by atoms with Crippen molar-refractivity contribution in [1.82, 2.24) is 14.8 Å². The topological polar surface area (TPSA) is 56.7 Å². The van der Waals surface area contributed by atoms with E-state index in [0.29, 0.717) is 5.82 Å². The Kier molecular flexibility index (Phi) is 3.49. The van der Waals surface area contributed by atoms with Crippen molar-refractivity contribution < 1.29 is 0 Å². The van der Waals surface area contributed by atoms with Gasteiger partial charge in [0.1, 0.15) is 5.82 Å². The number of nitrogen functional groups attached to an aromatic ring is 1. The molecule has 2 heterocycles. The number of rotatable bonds is 3. The van der Waals surface area contributed by atoms with E-state index in [0.717, 1.165) is 23.6 Å². The van der Waals surface area contributed by atoms with Crippen molar-refractivity contribution in [2.45, 2.75) is 38.6 Å². The van der Waals surface area contributed by atoms with Crippen LogP contribution in [0, 0.1) is 5.92 Å². The van der Waals surface area contributed by atoms with Gasteiger partial charge in [0.2, 0.25) is 0 Å². The molecule has 4 nitrogen and oxygen atoms in total. The van der Waals surface area contributed by atoms with Gasteiger partial charge in [-0.2, -0.15) is 5.10 Å². The number of anilines is 1. The van der Waals surface area contributed by atoms with Gasteiger partial charge in [-0.05, 0) is 30.9 Å². The number of hydrogen-bond donors (Lipinski definition) is 1. The normalized spacial score (nSPS) is 16.6. The lowest BCUT2D eigenvalue weighted by Gasteiger charge is -2.21.